The van der Waals surface area contributed by atoms with E-state index in [1.54, 1.807) is 0 Å². The van der Waals surface area contributed by atoms with E-state index in [9.17, 15) is 0 Å². The molecule has 1 rings (SSSR count). The Morgan fingerprint density at radius 3 is 2.05 bits per heavy atom. The van der Waals surface area contributed by atoms with Crippen molar-refractivity contribution in [3.8, 4) is 0 Å². The Bertz CT molecular complexity index is 308. The first kappa shape index (κ1) is 16.6. The first-order valence-electron chi connectivity index (χ1n) is 7.72. The fourth-order valence-corrected chi connectivity index (χ4v) is 3.10. The summed E-state index contributed by atoms with van der Waals surface area (Å²) in [7, 11) is 0. The topological polar surface area (TPSA) is 26.0 Å². The van der Waals surface area contributed by atoms with Crippen LogP contribution in [0.2, 0.25) is 0 Å². The van der Waals surface area contributed by atoms with E-state index in [1.807, 2.05) is 0 Å². The number of hydrogen-bond acceptors (Lipinski definition) is 2. The summed E-state index contributed by atoms with van der Waals surface area (Å²) in [6, 6.07) is 8.70. The van der Waals surface area contributed by atoms with E-state index >= 15 is 0 Å². The monoisotopic (exact) mass is 279 g/mol. The highest BCUT2D eigenvalue weighted by atomic mass is 32.2. The van der Waals surface area contributed by atoms with Crippen LogP contribution in [0, 0.1) is 0 Å². The molecular weight excluding hydrogens is 250 g/mol. The molecule has 0 heterocycles. The maximum atomic E-state index is 5.59. The van der Waals surface area contributed by atoms with Crippen LogP contribution in [0.1, 0.15) is 63.0 Å². The minimum atomic E-state index is 0.644. The molecule has 0 amide bonds. The summed E-state index contributed by atoms with van der Waals surface area (Å²) < 4.78 is 0. The van der Waals surface area contributed by atoms with Gasteiger partial charge in [-0.15, -0.1) is 0 Å². The third kappa shape index (κ3) is 8.33. The SMILES string of the molecule is CCCCCCCCCSCc1ccc(CN)cc1. The number of rotatable bonds is 11. The molecule has 0 atom stereocenters. The number of unbranched alkanes of at least 4 members (excludes halogenated alkanes) is 6. The third-order valence-corrected chi connectivity index (χ3v) is 4.53. The maximum absolute atomic E-state index is 5.59. The highest BCUT2D eigenvalue weighted by Crippen LogP contribution is 2.16. The Balaban J connectivity index is 1.95. The van der Waals surface area contributed by atoms with Crippen molar-refractivity contribution in [2.45, 2.75) is 64.2 Å². The number of thioether (sulfide) groups is 1. The molecule has 0 aromatic heterocycles. The van der Waals surface area contributed by atoms with Crippen LogP contribution < -0.4 is 5.73 Å². The zero-order valence-electron chi connectivity index (χ0n) is 12.4. The second kappa shape index (κ2) is 11.4. The van der Waals surface area contributed by atoms with Gasteiger partial charge in [0.25, 0.3) is 0 Å². The molecule has 0 radical (unpaired) electrons. The summed E-state index contributed by atoms with van der Waals surface area (Å²) in [5.74, 6) is 2.44. The van der Waals surface area contributed by atoms with Crippen LogP contribution >= 0.6 is 11.8 Å². The minimum Gasteiger partial charge on any atom is -0.326 e. The standard InChI is InChI=1S/C17H29NS/c1-2-3-4-5-6-7-8-13-19-15-17-11-9-16(14-18)10-12-17/h9-12H,2-8,13-15,18H2,1H3. The van der Waals surface area contributed by atoms with Crippen molar-refractivity contribution in [2.75, 3.05) is 5.75 Å². The van der Waals surface area contributed by atoms with E-state index in [4.69, 9.17) is 5.73 Å². The minimum absolute atomic E-state index is 0.644. The molecule has 0 unspecified atom stereocenters. The van der Waals surface area contributed by atoms with Gasteiger partial charge in [0, 0.05) is 12.3 Å². The molecule has 2 heteroatoms. The molecule has 1 nitrogen and oxygen atoms in total. The smallest absolute Gasteiger partial charge is 0.0184 e. The van der Waals surface area contributed by atoms with Gasteiger partial charge in [-0.25, -0.2) is 0 Å². The molecule has 2 N–H and O–H groups in total. The second-order valence-electron chi connectivity index (χ2n) is 5.19. The van der Waals surface area contributed by atoms with Gasteiger partial charge in [0.2, 0.25) is 0 Å². The lowest BCUT2D eigenvalue weighted by atomic mass is 10.1. The van der Waals surface area contributed by atoms with Crippen LogP contribution in [0.25, 0.3) is 0 Å². The van der Waals surface area contributed by atoms with E-state index in [2.05, 4.69) is 43.0 Å². The molecule has 0 aliphatic rings. The fraction of sp³-hybridized carbons (Fsp3) is 0.647. The van der Waals surface area contributed by atoms with Gasteiger partial charge >= 0.3 is 0 Å². The normalized spacial score (nSPS) is 10.8. The summed E-state index contributed by atoms with van der Waals surface area (Å²) in [4.78, 5) is 0. The Morgan fingerprint density at radius 1 is 0.842 bits per heavy atom. The molecule has 0 fully saturated rings. The predicted octanol–water partition coefficient (Wildman–Crippen LogP) is 5.13. The van der Waals surface area contributed by atoms with Gasteiger partial charge in [-0.2, -0.15) is 11.8 Å². The van der Waals surface area contributed by atoms with E-state index < -0.39 is 0 Å². The van der Waals surface area contributed by atoms with Crippen molar-refractivity contribution in [1.82, 2.24) is 0 Å². The van der Waals surface area contributed by atoms with Crippen LogP contribution in [0.4, 0.5) is 0 Å². The maximum Gasteiger partial charge on any atom is 0.0184 e. The first-order valence-corrected chi connectivity index (χ1v) is 8.88. The molecule has 1 aromatic rings. The van der Waals surface area contributed by atoms with Crippen LogP contribution in [0.3, 0.4) is 0 Å². The molecular formula is C17H29NS. The zero-order chi connectivity index (χ0) is 13.8. The van der Waals surface area contributed by atoms with Crippen molar-refractivity contribution in [1.29, 1.82) is 0 Å². The zero-order valence-corrected chi connectivity index (χ0v) is 13.2. The lowest BCUT2D eigenvalue weighted by Crippen LogP contribution is -1.95. The van der Waals surface area contributed by atoms with Crippen molar-refractivity contribution in [3.63, 3.8) is 0 Å². The summed E-state index contributed by atoms with van der Waals surface area (Å²) in [6.07, 6.45) is 9.81. The van der Waals surface area contributed by atoms with Crippen molar-refractivity contribution in [2.24, 2.45) is 5.73 Å². The van der Waals surface area contributed by atoms with Gasteiger partial charge in [0.15, 0.2) is 0 Å². The van der Waals surface area contributed by atoms with Gasteiger partial charge in [0.05, 0.1) is 0 Å². The van der Waals surface area contributed by atoms with Crippen LogP contribution in [0.5, 0.6) is 0 Å². The van der Waals surface area contributed by atoms with Crippen molar-refractivity contribution >= 4 is 11.8 Å². The van der Waals surface area contributed by atoms with Gasteiger partial charge in [-0.1, -0.05) is 69.7 Å². The van der Waals surface area contributed by atoms with Crippen LogP contribution in [0.15, 0.2) is 24.3 Å². The molecule has 0 bridgehead atoms. The first-order chi connectivity index (χ1) is 9.36. The Kier molecular flexibility index (Phi) is 9.92. The van der Waals surface area contributed by atoms with Crippen LogP contribution in [-0.4, -0.2) is 5.75 Å². The van der Waals surface area contributed by atoms with Crippen LogP contribution in [-0.2, 0) is 12.3 Å². The van der Waals surface area contributed by atoms with Gasteiger partial charge in [-0.05, 0) is 23.3 Å². The molecule has 108 valence electrons. The highest BCUT2D eigenvalue weighted by molar-refractivity contribution is 7.98. The average Bonchev–Trinajstić information content (AvgIpc) is 2.46. The molecule has 1 aromatic carbocycles. The number of nitrogens with two attached hydrogens (primary N) is 1. The van der Waals surface area contributed by atoms with E-state index in [-0.39, 0.29) is 0 Å². The van der Waals surface area contributed by atoms with Gasteiger partial charge in [0.1, 0.15) is 0 Å². The second-order valence-corrected chi connectivity index (χ2v) is 6.30. The lowest BCUT2D eigenvalue weighted by molar-refractivity contribution is 0.603. The Morgan fingerprint density at radius 2 is 1.42 bits per heavy atom. The highest BCUT2D eigenvalue weighted by Gasteiger charge is 1.95. The molecule has 0 aliphatic carbocycles. The Labute approximate surface area is 123 Å². The summed E-state index contributed by atoms with van der Waals surface area (Å²) in [5, 5.41) is 0. The number of benzene rings is 1. The van der Waals surface area contributed by atoms with Gasteiger partial charge in [-0.3, -0.25) is 0 Å². The molecule has 19 heavy (non-hydrogen) atoms. The predicted molar refractivity (Wildman–Crippen MR) is 88.5 cm³/mol. The number of hydrogen-bond donors (Lipinski definition) is 1. The lowest BCUT2D eigenvalue weighted by Gasteiger charge is -2.04. The molecule has 0 spiro atoms. The summed E-state index contributed by atoms with van der Waals surface area (Å²) in [6.45, 7) is 2.92. The quantitative estimate of drug-likeness (QED) is 0.568. The largest absolute Gasteiger partial charge is 0.326 e. The summed E-state index contributed by atoms with van der Waals surface area (Å²) in [5.41, 5.74) is 8.24. The van der Waals surface area contributed by atoms with E-state index in [0.29, 0.717) is 6.54 Å². The third-order valence-electron chi connectivity index (χ3n) is 3.42. The average molecular weight is 279 g/mol. The van der Waals surface area contributed by atoms with E-state index in [0.717, 1.165) is 5.75 Å². The Hall–Kier alpha value is -0.470. The molecule has 0 saturated carbocycles. The van der Waals surface area contributed by atoms with Crippen molar-refractivity contribution < 1.29 is 0 Å². The van der Waals surface area contributed by atoms with Gasteiger partial charge < -0.3 is 5.73 Å². The van der Waals surface area contributed by atoms with E-state index in [1.165, 1.54) is 61.8 Å². The molecule has 0 saturated heterocycles. The van der Waals surface area contributed by atoms with Crippen molar-refractivity contribution in [3.05, 3.63) is 35.4 Å². The fourth-order valence-electron chi connectivity index (χ4n) is 2.12. The summed E-state index contributed by atoms with van der Waals surface area (Å²) >= 11 is 2.06. The molecule has 0 aliphatic heterocycles.